The molecule has 0 atom stereocenters. The first-order valence-electron chi connectivity index (χ1n) is 10.0. The number of hydrogen-bond donors (Lipinski definition) is 1. The number of carbonyl (C=O) groups excluding carboxylic acids is 1. The van der Waals surface area contributed by atoms with Crippen molar-refractivity contribution in [1.29, 1.82) is 5.26 Å². The van der Waals surface area contributed by atoms with Crippen LogP contribution in [0, 0.1) is 11.3 Å². The van der Waals surface area contributed by atoms with Gasteiger partial charge in [0, 0.05) is 22.9 Å². The highest BCUT2D eigenvalue weighted by Crippen LogP contribution is 2.32. The zero-order chi connectivity index (χ0) is 23.5. The van der Waals surface area contributed by atoms with Gasteiger partial charge in [0.25, 0.3) is 5.91 Å². The summed E-state index contributed by atoms with van der Waals surface area (Å²) in [5, 5.41) is 12.1. The molecule has 9 nitrogen and oxygen atoms in total. The molecule has 0 saturated carbocycles. The van der Waals surface area contributed by atoms with Crippen molar-refractivity contribution in [3.63, 3.8) is 0 Å². The number of thiazole rings is 1. The first kappa shape index (κ1) is 21.1. The van der Waals surface area contributed by atoms with Crippen LogP contribution >= 0.6 is 11.3 Å². The molecule has 0 fully saturated rings. The Kier molecular flexibility index (Phi) is 5.60. The van der Waals surface area contributed by atoms with Crippen molar-refractivity contribution in [2.45, 2.75) is 0 Å². The van der Waals surface area contributed by atoms with Crippen LogP contribution in [0.3, 0.4) is 0 Å². The zero-order valence-corrected chi connectivity index (χ0v) is 18.6. The number of para-hydroxylation sites is 1. The van der Waals surface area contributed by atoms with Crippen molar-refractivity contribution < 1.29 is 9.53 Å². The second kappa shape index (κ2) is 9.01. The summed E-state index contributed by atoms with van der Waals surface area (Å²) in [6.45, 7) is 0. The van der Waals surface area contributed by atoms with Crippen molar-refractivity contribution in [1.82, 2.24) is 24.9 Å². The third-order valence-electron chi connectivity index (χ3n) is 4.98. The highest BCUT2D eigenvalue weighted by molar-refractivity contribution is 7.21. The Bertz CT molecular complexity index is 1560. The van der Waals surface area contributed by atoms with Gasteiger partial charge in [-0.2, -0.15) is 10.2 Å². The van der Waals surface area contributed by atoms with Gasteiger partial charge >= 0.3 is 0 Å². The van der Waals surface area contributed by atoms with E-state index in [0.29, 0.717) is 43.7 Å². The number of hydrogen-bond acceptors (Lipinski definition) is 9. The van der Waals surface area contributed by atoms with E-state index in [0.717, 1.165) is 5.56 Å². The average Bonchev–Trinajstić information content (AvgIpc) is 3.30. The third-order valence-corrected chi connectivity index (χ3v) is 5.83. The summed E-state index contributed by atoms with van der Waals surface area (Å²) in [4.78, 5) is 35.3. The van der Waals surface area contributed by atoms with E-state index in [1.54, 1.807) is 37.7 Å². The Hall–Kier alpha value is -4.75. The Morgan fingerprint density at radius 2 is 1.85 bits per heavy atom. The van der Waals surface area contributed by atoms with Crippen LogP contribution in [0.15, 0.2) is 67.3 Å². The quantitative estimate of drug-likeness (QED) is 0.406. The van der Waals surface area contributed by atoms with Crippen LogP contribution in [-0.4, -0.2) is 37.9 Å². The van der Waals surface area contributed by atoms with E-state index in [-0.39, 0.29) is 5.69 Å². The lowest BCUT2D eigenvalue weighted by molar-refractivity contribution is 0.102. The van der Waals surface area contributed by atoms with Gasteiger partial charge in [0.2, 0.25) is 0 Å². The van der Waals surface area contributed by atoms with Gasteiger partial charge in [0.1, 0.15) is 17.8 Å². The number of anilines is 1. The van der Waals surface area contributed by atoms with Crippen LogP contribution in [0.25, 0.3) is 32.9 Å². The lowest BCUT2D eigenvalue weighted by Crippen LogP contribution is -2.15. The normalized spacial score (nSPS) is 10.6. The van der Waals surface area contributed by atoms with E-state index >= 15 is 0 Å². The zero-order valence-electron chi connectivity index (χ0n) is 17.8. The fraction of sp³-hybridized carbons (Fsp3) is 0.0417. The highest BCUT2D eigenvalue weighted by Gasteiger charge is 2.19. The minimum Gasteiger partial charge on any atom is -0.496 e. The Balaban J connectivity index is 1.44. The SMILES string of the molecule is COc1ccccc1-c1cncnc1C(=O)Nc1nc2ncc(-c3ccc(C#N)cc3)nc2s1. The van der Waals surface area contributed by atoms with Crippen molar-refractivity contribution in [3.05, 3.63) is 78.5 Å². The second-order valence-electron chi connectivity index (χ2n) is 7.03. The number of nitrogens with one attached hydrogen (secondary N) is 1. The van der Waals surface area contributed by atoms with Crippen LogP contribution in [-0.2, 0) is 0 Å². The van der Waals surface area contributed by atoms with Crippen molar-refractivity contribution in [3.8, 4) is 34.2 Å². The summed E-state index contributed by atoms with van der Waals surface area (Å²) in [5.41, 5.74) is 3.90. The minimum atomic E-state index is -0.435. The van der Waals surface area contributed by atoms with Gasteiger partial charge in [-0.25, -0.2) is 19.9 Å². The van der Waals surface area contributed by atoms with Crippen molar-refractivity contribution in [2.24, 2.45) is 0 Å². The van der Waals surface area contributed by atoms with Crippen LogP contribution in [0.2, 0.25) is 0 Å². The molecule has 2 aromatic carbocycles. The van der Waals surface area contributed by atoms with E-state index in [2.05, 4.69) is 36.3 Å². The minimum absolute atomic E-state index is 0.193. The molecule has 10 heteroatoms. The molecule has 34 heavy (non-hydrogen) atoms. The molecule has 0 unspecified atom stereocenters. The third kappa shape index (κ3) is 4.03. The van der Waals surface area contributed by atoms with Gasteiger partial charge in [-0.15, -0.1) is 0 Å². The topological polar surface area (TPSA) is 127 Å². The molecule has 0 aliphatic rings. The Morgan fingerprint density at radius 1 is 1.03 bits per heavy atom. The molecule has 3 heterocycles. The Morgan fingerprint density at radius 3 is 2.65 bits per heavy atom. The number of fused-ring (bicyclic) bond motifs is 1. The molecule has 1 N–H and O–H groups in total. The van der Waals surface area contributed by atoms with Gasteiger partial charge in [-0.05, 0) is 18.2 Å². The van der Waals surface area contributed by atoms with Crippen LogP contribution in [0.5, 0.6) is 5.75 Å². The molecule has 0 aliphatic heterocycles. The molecule has 0 saturated heterocycles. The largest absolute Gasteiger partial charge is 0.496 e. The monoisotopic (exact) mass is 465 g/mol. The van der Waals surface area contributed by atoms with E-state index in [1.165, 1.54) is 17.7 Å². The van der Waals surface area contributed by atoms with Crippen molar-refractivity contribution >= 4 is 32.9 Å². The molecule has 1 amide bonds. The number of aromatic nitrogens is 5. The first-order valence-corrected chi connectivity index (χ1v) is 10.9. The number of carbonyl (C=O) groups is 1. The molecule has 0 spiro atoms. The molecular weight excluding hydrogens is 450 g/mol. The number of amides is 1. The van der Waals surface area contributed by atoms with Gasteiger partial charge in [-0.3, -0.25) is 10.1 Å². The number of nitrogens with zero attached hydrogens (tertiary/aromatic N) is 6. The summed E-state index contributed by atoms with van der Waals surface area (Å²) >= 11 is 1.21. The van der Waals surface area contributed by atoms with Crippen LogP contribution in [0.1, 0.15) is 16.1 Å². The van der Waals surface area contributed by atoms with Gasteiger partial charge in [-0.1, -0.05) is 41.7 Å². The van der Waals surface area contributed by atoms with Gasteiger partial charge < -0.3 is 4.74 Å². The summed E-state index contributed by atoms with van der Waals surface area (Å²) in [6, 6.07) is 16.5. The smallest absolute Gasteiger partial charge is 0.276 e. The van der Waals surface area contributed by atoms with Crippen LogP contribution in [0.4, 0.5) is 5.13 Å². The van der Waals surface area contributed by atoms with E-state index < -0.39 is 5.91 Å². The average molecular weight is 465 g/mol. The fourth-order valence-corrected chi connectivity index (χ4v) is 4.15. The van der Waals surface area contributed by atoms with E-state index in [4.69, 9.17) is 10.00 Å². The number of methoxy groups -OCH3 is 1. The molecule has 3 aromatic heterocycles. The predicted octanol–water partition coefficient (Wildman–Crippen LogP) is 4.34. The molecular formula is C24H15N7O2S. The molecule has 5 rings (SSSR count). The summed E-state index contributed by atoms with van der Waals surface area (Å²) in [7, 11) is 1.57. The summed E-state index contributed by atoms with van der Waals surface area (Å²) in [6.07, 6.45) is 4.50. The number of nitriles is 1. The van der Waals surface area contributed by atoms with Crippen LogP contribution < -0.4 is 10.1 Å². The standard InChI is InChI=1S/C24H15N7O2S/c1-33-19-5-3-2-4-16(19)17-11-26-13-28-20(17)22(32)31-24-30-21-23(34-24)29-18(12-27-21)15-8-6-14(10-25)7-9-15/h2-9,11-13H,1H3,(H,27,30,31,32). The maximum absolute atomic E-state index is 13.1. The first-order chi connectivity index (χ1) is 16.7. The summed E-state index contributed by atoms with van der Waals surface area (Å²) in [5.74, 6) is 0.171. The van der Waals surface area contributed by atoms with Crippen molar-refractivity contribution in [2.75, 3.05) is 12.4 Å². The summed E-state index contributed by atoms with van der Waals surface area (Å²) < 4.78 is 5.42. The molecule has 0 aliphatic carbocycles. The predicted molar refractivity (Wildman–Crippen MR) is 127 cm³/mol. The lowest BCUT2D eigenvalue weighted by atomic mass is 10.0. The fourth-order valence-electron chi connectivity index (χ4n) is 3.36. The number of benzene rings is 2. The molecule has 5 aromatic rings. The number of ether oxygens (including phenoxy) is 1. The second-order valence-corrected chi connectivity index (χ2v) is 8.01. The van der Waals surface area contributed by atoms with E-state index in [9.17, 15) is 4.79 Å². The maximum atomic E-state index is 13.1. The van der Waals surface area contributed by atoms with Gasteiger partial charge in [0.15, 0.2) is 15.6 Å². The molecule has 164 valence electrons. The molecule has 0 bridgehead atoms. The maximum Gasteiger partial charge on any atom is 0.276 e. The van der Waals surface area contributed by atoms with Gasteiger partial charge in [0.05, 0.1) is 30.6 Å². The lowest BCUT2D eigenvalue weighted by Gasteiger charge is -2.11. The highest BCUT2D eigenvalue weighted by atomic mass is 32.1. The molecule has 0 radical (unpaired) electrons. The Labute approximate surface area is 197 Å². The van der Waals surface area contributed by atoms with E-state index in [1.807, 2.05) is 30.3 Å². The number of rotatable bonds is 5.